The number of rotatable bonds is 6. The molecule has 0 aliphatic heterocycles. The van der Waals surface area contributed by atoms with Crippen LogP contribution in [0.2, 0.25) is 10.6 Å². The molecule has 17 heteroatoms. The van der Waals surface area contributed by atoms with Crippen molar-refractivity contribution in [3.8, 4) is 5.75 Å². The van der Waals surface area contributed by atoms with Gasteiger partial charge in [-0.1, -0.05) is 0 Å². The lowest BCUT2D eigenvalue weighted by atomic mass is 10.1. The monoisotopic (exact) mass is 570 g/mol. The van der Waals surface area contributed by atoms with E-state index in [-0.39, 0.29) is 37.9 Å². The summed E-state index contributed by atoms with van der Waals surface area (Å²) in [6, 6.07) is 9.93. The number of phenolic OH excluding ortho intramolecular Hbond substituents is 1. The number of anilines is 2. The summed E-state index contributed by atoms with van der Waals surface area (Å²) in [5, 5.41) is 21.1. The number of nitrogens with zero attached hydrogens (tertiary/aromatic N) is 5. The van der Waals surface area contributed by atoms with Crippen molar-refractivity contribution in [1.29, 1.82) is 0 Å². The van der Waals surface area contributed by atoms with Gasteiger partial charge in [-0.15, -0.1) is 5.11 Å². The summed E-state index contributed by atoms with van der Waals surface area (Å²) in [6.45, 7) is 0. The normalized spacial score (nSPS) is 12.3. The van der Waals surface area contributed by atoms with E-state index in [2.05, 4.69) is 30.5 Å². The highest BCUT2D eigenvalue weighted by molar-refractivity contribution is 7.86. The number of aromatic hydroxyl groups is 1. The molecule has 1 heterocycles. The van der Waals surface area contributed by atoms with Crippen LogP contribution in [0.15, 0.2) is 68.6 Å². The fourth-order valence-electron chi connectivity index (χ4n) is 3.03. The first-order valence-electron chi connectivity index (χ1n) is 9.42. The minimum atomic E-state index is -4.88. The van der Waals surface area contributed by atoms with Crippen LogP contribution in [-0.2, 0) is 20.2 Å². The maximum absolute atomic E-state index is 12.0. The summed E-state index contributed by atoms with van der Waals surface area (Å²) >= 11 is 11.5. The number of halogens is 2. The second-order valence-electron chi connectivity index (χ2n) is 6.97. The molecular weight excluding hydrogens is 559 g/mol. The maximum atomic E-state index is 12.0. The molecule has 186 valence electrons. The van der Waals surface area contributed by atoms with Crippen LogP contribution < -0.4 is 5.32 Å². The van der Waals surface area contributed by atoms with E-state index in [1.807, 2.05) is 0 Å². The van der Waals surface area contributed by atoms with Gasteiger partial charge in [0.1, 0.15) is 10.6 Å². The van der Waals surface area contributed by atoms with Crippen LogP contribution >= 0.6 is 23.2 Å². The van der Waals surface area contributed by atoms with Crippen molar-refractivity contribution in [3.63, 3.8) is 0 Å². The number of hydrogen-bond donors (Lipinski definition) is 4. The highest BCUT2D eigenvalue weighted by atomic mass is 35.5. The molecule has 0 fully saturated rings. The fraction of sp³-hybridized carbons (Fsp3) is 0. The zero-order valence-corrected chi connectivity index (χ0v) is 20.5. The summed E-state index contributed by atoms with van der Waals surface area (Å²) in [4.78, 5) is 10.2. The number of azo groups is 1. The Bertz CT molecular complexity index is 1730. The first-order valence-corrected chi connectivity index (χ1v) is 13.1. The molecule has 1 aromatic heterocycles. The summed E-state index contributed by atoms with van der Waals surface area (Å²) in [5.41, 5.74) is -0.132. The topological polar surface area (TPSA) is 204 Å². The van der Waals surface area contributed by atoms with Crippen LogP contribution in [0, 0.1) is 0 Å². The van der Waals surface area contributed by atoms with Gasteiger partial charge in [0.15, 0.2) is 5.75 Å². The molecule has 36 heavy (non-hydrogen) atoms. The van der Waals surface area contributed by atoms with Crippen molar-refractivity contribution in [3.05, 3.63) is 59.1 Å². The summed E-state index contributed by atoms with van der Waals surface area (Å²) in [5.74, 6) is -0.597. The smallest absolute Gasteiger partial charge is 0.296 e. The van der Waals surface area contributed by atoms with Gasteiger partial charge in [-0.05, 0) is 77.1 Å². The second-order valence-corrected chi connectivity index (χ2v) is 10.5. The average molecular weight is 571 g/mol. The van der Waals surface area contributed by atoms with E-state index in [1.165, 1.54) is 30.3 Å². The summed E-state index contributed by atoms with van der Waals surface area (Å²) < 4.78 is 65.2. The fourth-order valence-corrected chi connectivity index (χ4v) is 4.53. The van der Waals surface area contributed by atoms with Crippen molar-refractivity contribution in [2.75, 3.05) is 5.32 Å². The first-order chi connectivity index (χ1) is 16.8. The van der Waals surface area contributed by atoms with E-state index in [0.717, 1.165) is 18.2 Å². The number of nitrogens with one attached hydrogen (secondary N) is 1. The SMILES string of the molecule is O=S(=O)(O)c1ccc(N=Nc2c(S(=O)(=O)O)cc3cc(Nc4nc(Cl)nc(Cl)n4)ccc3c2O)cc1. The zero-order valence-electron chi connectivity index (χ0n) is 17.4. The van der Waals surface area contributed by atoms with E-state index in [1.54, 1.807) is 0 Å². The third kappa shape index (κ3) is 5.67. The van der Waals surface area contributed by atoms with Gasteiger partial charge in [0.2, 0.25) is 16.5 Å². The van der Waals surface area contributed by atoms with Crippen molar-refractivity contribution in [2.24, 2.45) is 10.2 Å². The van der Waals surface area contributed by atoms with E-state index in [9.17, 15) is 26.5 Å². The van der Waals surface area contributed by atoms with Crippen LogP contribution in [0.5, 0.6) is 5.75 Å². The van der Waals surface area contributed by atoms with Gasteiger partial charge in [-0.2, -0.15) is 36.9 Å². The highest BCUT2D eigenvalue weighted by Crippen LogP contribution is 2.42. The number of benzene rings is 3. The molecule has 0 saturated heterocycles. The molecule has 0 saturated carbocycles. The Hall–Kier alpha value is -3.47. The predicted octanol–water partition coefficient (Wildman–Crippen LogP) is 4.69. The van der Waals surface area contributed by atoms with E-state index in [4.69, 9.17) is 27.8 Å². The molecule has 4 rings (SSSR count). The second kappa shape index (κ2) is 9.53. The van der Waals surface area contributed by atoms with Crippen molar-refractivity contribution in [2.45, 2.75) is 9.79 Å². The molecule has 0 aliphatic carbocycles. The lowest BCUT2D eigenvalue weighted by Crippen LogP contribution is -2.00. The molecule has 0 bridgehead atoms. The molecule has 0 amide bonds. The van der Waals surface area contributed by atoms with Gasteiger partial charge in [0.25, 0.3) is 20.2 Å². The number of fused-ring (bicyclic) bond motifs is 1. The molecule has 0 unspecified atom stereocenters. The Kier molecular flexibility index (Phi) is 6.78. The lowest BCUT2D eigenvalue weighted by molar-refractivity contribution is 0.472. The molecule has 0 aliphatic rings. The minimum absolute atomic E-state index is 0.00371. The van der Waals surface area contributed by atoms with Crippen LogP contribution in [-0.4, -0.2) is 46.0 Å². The number of hydrogen-bond acceptors (Lipinski definition) is 11. The number of phenols is 1. The Morgan fingerprint density at radius 1 is 0.806 bits per heavy atom. The molecule has 0 radical (unpaired) electrons. The Morgan fingerprint density at radius 2 is 1.44 bits per heavy atom. The van der Waals surface area contributed by atoms with Crippen LogP contribution in [0.25, 0.3) is 10.8 Å². The van der Waals surface area contributed by atoms with Gasteiger partial charge in [0, 0.05) is 11.1 Å². The maximum Gasteiger partial charge on any atom is 0.296 e. The zero-order chi connectivity index (χ0) is 26.3. The third-order valence-corrected chi connectivity index (χ3v) is 6.64. The van der Waals surface area contributed by atoms with Crippen molar-refractivity contribution < 1.29 is 31.0 Å². The van der Waals surface area contributed by atoms with Gasteiger partial charge < -0.3 is 10.4 Å². The first kappa shape index (κ1) is 25.6. The van der Waals surface area contributed by atoms with E-state index < -0.39 is 36.6 Å². The van der Waals surface area contributed by atoms with Crippen LogP contribution in [0.1, 0.15) is 0 Å². The molecular formula is C19H12Cl2N6O7S2. The van der Waals surface area contributed by atoms with Crippen molar-refractivity contribution in [1.82, 2.24) is 15.0 Å². The number of aromatic nitrogens is 3. The average Bonchev–Trinajstić information content (AvgIpc) is 2.76. The Balaban J connectivity index is 1.77. The molecule has 3 aromatic carbocycles. The van der Waals surface area contributed by atoms with Gasteiger partial charge in [0.05, 0.1) is 10.6 Å². The van der Waals surface area contributed by atoms with Gasteiger partial charge >= 0.3 is 0 Å². The quantitative estimate of drug-likeness (QED) is 0.185. The molecule has 13 nitrogen and oxygen atoms in total. The molecule has 0 spiro atoms. The standard InChI is InChI=1S/C19H12Cl2N6O7S2/c20-17-23-18(21)25-19(24-17)22-11-3-6-13-9(7-11)8-14(36(32,33)34)15(16(13)28)27-26-10-1-4-12(5-2-10)35(29,30)31/h1-8,28H,(H,29,30,31)(H,32,33,34)(H,22,23,24,25). The van der Waals surface area contributed by atoms with Crippen LogP contribution in [0.4, 0.5) is 23.0 Å². The molecule has 4 aromatic rings. The van der Waals surface area contributed by atoms with Gasteiger partial charge in [-0.25, -0.2) is 0 Å². The molecule has 0 atom stereocenters. The molecule has 4 N–H and O–H groups in total. The Morgan fingerprint density at radius 3 is 2.03 bits per heavy atom. The largest absolute Gasteiger partial charge is 0.505 e. The minimum Gasteiger partial charge on any atom is -0.505 e. The van der Waals surface area contributed by atoms with Gasteiger partial charge in [-0.3, -0.25) is 9.11 Å². The highest BCUT2D eigenvalue weighted by Gasteiger charge is 2.22. The third-order valence-electron chi connectivity index (χ3n) is 4.57. The summed E-state index contributed by atoms with van der Waals surface area (Å²) in [7, 11) is -9.30. The van der Waals surface area contributed by atoms with Crippen LogP contribution in [0.3, 0.4) is 0 Å². The lowest BCUT2D eigenvalue weighted by Gasteiger charge is -2.11. The van der Waals surface area contributed by atoms with E-state index in [0.29, 0.717) is 5.69 Å². The van der Waals surface area contributed by atoms with Crippen molar-refractivity contribution >= 4 is 77.2 Å². The summed E-state index contributed by atoms with van der Waals surface area (Å²) in [6.07, 6.45) is 0. The Labute approximate surface area is 213 Å². The van der Waals surface area contributed by atoms with E-state index >= 15 is 0 Å². The predicted molar refractivity (Wildman–Crippen MR) is 129 cm³/mol.